The van der Waals surface area contributed by atoms with Crippen LogP contribution in [-0.2, 0) is 20.5 Å². The minimum absolute atomic E-state index is 0.0954. The number of hydrogen-bond acceptors (Lipinski definition) is 4. The van der Waals surface area contributed by atoms with E-state index in [9.17, 15) is 5.11 Å². The molecule has 1 N–H and O–H groups in total. The Kier molecular flexibility index (Phi) is 6.26. The summed E-state index contributed by atoms with van der Waals surface area (Å²) in [6.45, 7) is 11.8. The van der Waals surface area contributed by atoms with Crippen molar-refractivity contribution in [2.24, 2.45) is 0 Å². The normalized spacial score (nSPS) is 24.7. The molecule has 1 aromatic rings. The van der Waals surface area contributed by atoms with Gasteiger partial charge in [-0.15, -0.1) is 0 Å². The quantitative estimate of drug-likeness (QED) is 0.791. The van der Waals surface area contributed by atoms with Crippen LogP contribution >= 0.6 is 0 Å². The maximum atomic E-state index is 10.6. The van der Waals surface area contributed by atoms with Gasteiger partial charge in [-0.1, -0.05) is 51.1 Å². The van der Waals surface area contributed by atoms with Gasteiger partial charge >= 0.3 is 0 Å². The summed E-state index contributed by atoms with van der Waals surface area (Å²) in [5.74, 6) is 0. The van der Waals surface area contributed by atoms with Gasteiger partial charge in [0.15, 0.2) is 8.32 Å². The van der Waals surface area contributed by atoms with E-state index in [0.29, 0.717) is 13.2 Å². The summed E-state index contributed by atoms with van der Waals surface area (Å²) in [5, 5.41) is 10.7. The van der Waals surface area contributed by atoms with Gasteiger partial charge in [-0.05, 0) is 29.8 Å². The topological polar surface area (TPSA) is 47.9 Å². The second-order valence-electron chi connectivity index (χ2n) is 7.84. The fraction of sp³-hybridized carbons (Fsp3) is 0.579. The smallest absolute Gasteiger partial charge is 0.193 e. The fourth-order valence-corrected chi connectivity index (χ4v) is 3.51. The van der Waals surface area contributed by atoms with Crippen LogP contribution in [0.3, 0.4) is 0 Å². The standard InChI is InChI=1S/C19H30O4Si/c1-19(2,3)24(4,5)23-16-11-12-22-17(18(16)20)14-21-13-15-9-7-6-8-10-15/h6-12,16-18,20H,13-14H2,1-5H3/t16-,17+,18+/m0/s1. The third-order valence-electron chi connectivity index (χ3n) is 4.87. The maximum Gasteiger partial charge on any atom is 0.193 e. The first-order chi connectivity index (χ1) is 11.2. The van der Waals surface area contributed by atoms with E-state index in [1.165, 1.54) is 0 Å². The highest BCUT2D eigenvalue weighted by Crippen LogP contribution is 2.38. The van der Waals surface area contributed by atoms with E-state index in [1.807, 2.05) is 30.3 Å². The van der Waals surface area contributed by atoms with Gasteiger partial charge in [0.05, 0.1) is 25.6 Å². The highest BCUT2D eigenvalue weighted by molar-refractivity contribution is 6.74. The van der Waals surface area contributed by atoms with Gasteiger partial charge in [0.25, 0.3) is 0 Å². The van der Waals surface area contributed by atoms with Crippen LogP contribution in [0.25, 0.3) is 0 Å². The van der Waals surface area contributed by atoms with Crippen molar-refractivity contribution in [3.63, 3.8) is 0 Å². The Morgan fingerprint density at radius 3 is 2.46 bits per heavy atom. The number of aliphatic hydroxyl groups excluding tert-OH is 1. The lowest BCUT2D eigenvalue weighted by Gasteiger charge is -2.41. The molecule has 0 fully saturated rings. The number of benzene rings is 1. The Balaban J connectivity index is 1.89. The van der Waals surface area contributed by atoms with Crippen LogP contribution in [0, 0.1) is 0 Å². The molecule has 24 heavy (non-hydrogen) atoms. The lowest BCUT2D eigenvalue weighted by Crippen LogP contribution is -2.51. The number of ether oxygens (including phenoxy) is 2. The first kappa shape index (κ1) is 19.2. The van der Waals surface area contributed by atoms with Crippen molar-refractivity contribution in [2.75, 3.05) is 6.61 Å². The third-order valence-corrected chi connectivity index (χ3v) is 9.34. The summed E-state index contributed by atoms with van der Waals surface area (Å²) in [7, 11) is -1.96. The SMILES string of the molecule is CC(C)(C)[Si](C)(C)O[C@H]1C=CO[C@H](COCc2ccccc2)[C@@H]1O. The van der Waals surface area contributed by atoms with Crippen molar-refractivity contribution >= 4 is 8.32 Å². The average Bonchev–Trinajstić information content (AvgIpc) is 2.50. The molecule has 5 heteroatoms. The average molecular weight is 351 g/mol. The molecule has 0 spiro atoms. The van der Waals surface area contributed by atoms with Crippen LogP contribution in [0.2, 0.25) is 18.1 Å². The zero-order valence-corrected chi connectivity index (χ0v) is 16.4. The van der Waals surface area contributed by atoms with E-state index < -0.39 is 20.5 Å². The van der Waals surface area contributed by atoms with Crippen LogP contribution in [0.15, 0.2) is 42.7 Å². The lowest BCUT2D eigenvalue weighted by molar-refractivity contribution is -0.0920. The molecule has 0 saturated heterocycles. The van der Waals surface area contributed by atoms with Gasteiger partial charge in [0.1, 0.15) is 12.2 Å². The van der Waals surface area contributed by atoms with Gasteiger partial charge in [-0.3, -0.25) is 0 Å². The molecule has 1 aliphatic rings. The molecule has 0 aliphatic carbocycles. The Bertz CT molecular complexity index is 536. The first-order valence-electron chi connectivity index (χ1n) is 8.50. The van der Waals surface area contributed by atoms with E-state index in [-0.39, 0.29) is 11.1 Å². The Labute approximate surface area is 146 Å². The van der Waals surface area contributed by atoms with Crippen LogP contribution in [0.4, 0.5) is 0 Å². The van der Waals surface area contributed by atoms with Crippen molar-refractivity contribution in [1.82, 2.24) is 0 Å². The molecular weight excluding hydrogens is 320 g/mol. The Morgan fingerprint density at radius 1 is 1.17 bits per heavy atom. The van der Waals surface area contributed by atoms with E-state index in [0.717, 1.165) is 5.56 Å². The van der Waals surface area contributed by atoms with E-state index in [2.05, 4.69) is 33.9 Å². The zero-order valence-electron chi connectivity index (χ0n) is 15.4. The molecule has 0 amide bonds. The molecule has 0 bridgehead atoms. The second kappa shape index (κ2) is 7.83. The van der Waals surface area contributed by atoms with Crippen molar-refractivity contribution in [2.45, 2.75) is 63.8 Å². The molecule has 0 radical (unpaired) electrons. The molecule has 1 aliphatic heterocycles. The third kappa shape index (κ3) is 4.93. The molecule has 4 nitrogen and oxygen atoms in total. The molecular formula is C19H30O4Si. The zero-order chi connectivity index (χ0) is 17.8. The monoisotopic (exact) mass is 350 g/mol. The largest absolute Gasteiger partial charge is 0.493 e. The van der Waals surface area contributed by atoms with E-state index in [4.69, 9.17) is 13.9 Å². The Hall–Kier alpha value is -1.14. The highest BCUT2D eigenvalue weighted by atomic mass is 28.4. The van der Waals surface area contributed by atoms with Crippen molar-refractivity contribution in [1.29, 1.82) is 0 Å². The van der Waals surface area contributed by atoms with Crippen molar-refractivity contribution in [3.8, 4) is 0 Å². The van der Waals surface area contributed by atoms with Gasteiger partial charge in [-0.2, -0.15) is 0 Å². The summed E-state index contributed by atoms with van der Waals surface area (Å²) < 4.78 is 17.6. The predicted molar refractivity (Wildman–Crippen MR) is 98.2 cm³/mol. The molecule has 1 heterocycles. The van der Waals surface area contributed by atoms with Crippen LogP contribution in [0.1, 0.15) is 26.3 Å². The predicted octanol–water partition coefficient (Wildman–Crippen LogP) is 3.87. The van der Waals surface area contributed by atoms with E-state index >= 15 is 0 Å². The molecule has 0 aromatic heterocycles. The number of aliphatic hydroxyl groups is 1. The highest BCUT2D eigenvalue weighted by Gasteiger charge is 2.42. The maximum absolute atomic E-state index is 10.6. The van der Waals surface area contributed by atoms with Crippen LogP contribution in [-0.4, -0.2) is 38.3 Å². The second-order valence-corrected chi connectivity index (χ2v) is 12.6. The van der Waals surface area contributed by atoms with Crippen LogP contribution in [0.5, 0.6) is 0 Å². The summed E-state index contributed by atoms with van der Waals surface area (Å²) in [6, 6.07) is 9.97. The van der Waals surface area contributed by atoms with Gasteiger partial charge in [0.2, 0.25) is 0 Å². The summed E-state index contributed by atoms with van der Waals surface area (Å²) in [6.07, 6.45) is 1.96. The summed E-state index contributed by atoms with van der Waals surface area (Å²) in [4.78, 5) is 0. The molecule has 0 unspecified atom stereocenters. The van der Waals surface area contributed by atoms with E-state index in [1.54, 1.807) is 12.3 Å². The molecule has 134 valence electrons. The summed E-state index contributed by atoms with van der Waals surface area (Å²) >= 11 is 0. The first-order valence-corrected chi connectivity index (χ1v) is 11.4. The summed E-state index contributed by atoms with van der Waals surface area (Å²) in [5.41, 5.74) is 1.10. The van der Waals surface area contributed by atoms with Gasteiger partial charge in [-0.25, -0.2) is 0 Å². The molecule has 3 atom stereocenters. The number of rotatable bonds is 6. The van der Waals surface area contributed by atoms with Gasteiger partial charge < -0.3 is 19.0 Å². The Morgan fingerprint density at radius 2 is 1.83 bits per heavy atom. The minimum atomic E-state index is -1.96. The van der Waals surface area contributed by atoms with Gasteiger partial charge in [0, 0.05) is 0 Å². The molecule has 1 aromatic carbocycles. The van der Waals surface area contributed by atoms with Crippen molar-refractivity contribution < 1.29 is 19.0 Å². The molecule has 2 rings (SSSR count). The van der Waals surface area contributed by atoms with Crippen LogP contribution < -0.4 is 0 Å². The number of hydrogen-bond donors (Lipinski definition) is 1. The molecule has 0 saturated carbocycles. The minimum Gasteiger partial charge on any atom is -0.493 e. The fourth-order valence-electron chi connectivity index (χ4n) is 2.26. The van der Waals surface area contributed by atoms with Crippen molar-refractivity contribution in [3.05, 3.63) is 48.2 Å². The lowest BCUT2D eigenvalue weighted by atomic mass is 10.1.